The molecule has 4 rings (SSSR count). The maximum Gasteiger partial charge on any atom is 0.279 e. The van der Waals surface area contributed by atoms with E-state index in [1.165, 1.54) is 11.6 Å². The Morgan fingerprint density at radius 3 is 2.35 bits per heavy atom. The minimum atomic E-state index is -2.83. The van der Waals surface area contributed by atoms with Crippen LogP contribution in [0, 0.1) is 0 Å². The number of hydrogen-bond acceptors (Lipinski definition) is 2. The molecular weight excluding hydrogens is 385 g/mol. The molecule has 3 aromatic rings. The lowest BCUT2D eigenvalue weighted by Gasteiger charge is -2.10. The van der Waals surface area contributed by atoms with E-state index in [0.717, 1.165) is 0 Å². The van der Waals surface area contributed by atoms with Crippen molar-refractivity contribution < 1.29 is 18.4 Å². The fourth-order valence-corrected chi connectivity index (χ4v) is 4.02. The van der Waals surface area contributed by atoms with Gasteiger partial charge in [0.15, 0.2) is 0 Å². The van der Waals surface area contributed by atoms with Crippen molar-refractivity contribution in [3.05, 3.63) is 57.2 Å². The Kier molecular flexibility index (Phi) is 3.78. The van der Waals surface area contributed by atoms with Gasteiger partial charge in [0.05, 0.1) is 21.7 Å². The zero-order chi connectivity index (χ0) is 18.7. The molecule has 2 heterocycles. The summed E-state index contributed by atoms with van der Waals surface area (Å²) in [4.78, 5) is 24.8. The molecule has 0 saturated carbocycles. The molecule has 1 N–H and O–H groups in total. The first kappa shape index (κ1) is 17.0. The number of amides is 2. The fourth-order valence-electron chi connectivity index (χ4n) is 3.39. The van der Waals surface area contributed by atoms with Crippen molar-refractivity contribution in [2.45, 2.75) is 6.43 Å². The van der Waals surface area contributed by atoms with Crippen LogP contribution in [0.1, 0.15) is 32.8 Å². The molecule has 4 nitrogen and oxygen atoms in total. The van der Waals surface area contributed by atoms with Crippen molar-refractivity contribution in [2.75, 3.05) is 0 Å². The summed E-state index contributed by atoms with van der Waals surface area (Å²) in [5, 5.41) is 2.49. The Labute approximate surface area is 156 Å². The number of nitrogens with one attached hydrogen (secondary N) is 1. The third-order valence-corrected chi connectivity index (χ3v) is 5.24. The highest BCUT2D eigenvalue weighted by atomic mass is 35.5. The van der Waals surface area contributed by atoms with Crippen molar-refractivity contribution in [1.82, 2.24) is 9.88 Å². The second kappa shape index (κ2) is 5.79. The van der Waals surface area contributed by atoms with Gasteiger partial charge in [-0.15, -0.1) is 0 Å². The maximum atomic E-state index is 13.4. The second-order valence-corrected chi connectivity index (χ2v) is 6.68. The molecule has 1 aromatic heterocycles. The topological polar surface area (TPSA) is 51.1 Å². The van der Waals surface area contributed by atoms with E-state index < -0.39 is 23.9 Å². The van der Waals surface area contributed by atoms with Crippen LogP contribution in [0.25, 0.3) is 22.0 Å². The third-order valence-electron chi connectivity index (χ3n) is 4.53. The second-order valence-electron chi connectivity index (χ2n) is 5.89. The largest absolute Gasteiger partial charge is 0.342 e. The number of hydrogen-bond donors (Lipinski definition) is 1. The fraction of sp³-hybridized carbons (Fsp3) is 0.111. The lowest BCUT2D eigenvalue weighted by Crippen LogP contribution is -2.20. The SMILES string of the molecule is Cn1c(C(F)F)c(Cl)c2c3c(c(-c4ccccc4Cl)cc21)C(=O)NC3=O. The van der Waals surface area contributed by atoms with Crippen molar-refractivity contribution in [3.8, 4) is 11.1 Å². The summed E-state index contributed by atoms with van der Waals surface area (Å²) in [5.41, 5.74) is 0.905. The number of halogens is 4. The molecule has 8 heteroatoms. The monoisotopic (exact) mass is 394 g/mol. The number of rotatable bonds is 2. The number of alkyl halides is 2. The van der Waals surface area contributed by atoms with Crippen LogP contribution in [0.15, 0.2) is 30.3 Å². The number of carbonyl (C=O) groups is 2. The Bertz CT molecular complexity index is 1120. The van der Waals surface area contributed by atoms with E-state index >= 15 is 0 Å². The van der Waals surface area contributed by atoms with E-state index in [9.17, 15) is 18.4 Å². The zero-order valence-corrected chi connectivity index (χ0v) is 14.8. The van der Waals surface area contributed by atoms with Gasteiger partial charge < -0.3 is 4.57 Å². The van der Waals surface area contributed by atoms with Gasteiger partial charge in [-0.2, -0.15) is 0 Å². The molecule has 0 fully saturated rings. The molecule has 0 saturated heterocycles. The Morgan fingerprint density at radius 1 is 1.04 bits per heavy atom. The van der Waals surface area contributed by atoms with Gasteiger partial charge in [-0.1, -0.05) is 41.4 Å². The number of imide groups is 1. The maximum absolute atomic E-state index is 13.4. The minimum absolute atomic E-state index is 0.00470. The van der Waals surface area contributed by atoms with Crippen LogP contribution in [0.4, 0.5) is 8.78 Å². The quantitative estimate of drug-likeness (QED) is 0.623. The van der Waals surface area contributed by atoms with E-state index in [2.05, 4.69) is 5.32 Å². The average molecular weight is 395 g/mol. The predicted octanol–water partition coefficient (Wildman–Crippen LogP) is 4.97. The smallest absolute Gasteiger partial charge is 0.279 e. The molecule has 132 valence electrons. The van der Waals surface area contributed by atoms with Crippen LogP contribution < -0.4 is 5.32 Å². The third kappa shape index (κ3) is 2.19. The van der Waals surface area contributed by atoms with Crippen LogP contribution in [0.3, 0.4) is 0 Å². The number of carbonyl (C=O) groups excluding carboxylic acids is 2. The van der Waals surface area contributed by atoms with Crippen molar-refractivity contribution >= 4 is 45.9 Å². The molecule has 0 aliphatic carbocycles. The van der Waals surface area contributed by atoms with E-state index in [-0.39, 0.29) is 21.5 Å². The molecule has 2 amide bonds. The molecule has 0 spiro atoms. The lowest BCUT2D eigenvalue weighted by atomic mass is 9.94. The highest BCUT2D eigenvalue weighted by Crippen LogP contribution is 2.44. The first-order valence-electron chi connectivity index (χ1n) is 7.56. The molecular formula is C18H10Cl2F2N2O2. The highest BCUT2D eigenvalue weighted by Gasteiger charge is 2.36. The normalized spacial score (nSPS) is 13.6. The molecule has 0 atom stereocenters. The molecule has 0 unspecified atom stereocenters. The van der Waals surface area contributed by atoms with E-state index in [1.807, 2.05) is 0 Å². The highest BCUT2D eigenvalue weighted by molar-refractivity contribution is 6.41. The predicted molar refractivity (Wildman–Crippen MR) is 95.1 cm³/mol. The molecule has 0 bridgehead atoms. The lowest BCUT2D eigenvalue weighted by molar-refractivity contribution is 0.0880. The van der Waals surface area contributed by atoms with Crippen molar-refractivity contribution in [2.24, 2.45) is 7.05 Å². The molecule has 1 aliphatic rings. The van der Waals surface area contributed by atoms with Gasteiger partial charge in [0.2, 0.25) is 0 Å². The molecule has 1 aliphatic heterocycles. The van der Waals surface area contributed by atoms with Gasteiger partial charge in [-0.25, -0.2) is 8.78 Å². The standard InChI is InChI=1S/C18H10Cl2F2N2O2/c1-24-10-6-8(7-4-2-3-5-9(7)19)11-13(18(26)23-17(11)25)12(10)14(20)15(24)16(21)22/h2-6,16H,1H3,(H,23,25,26). The summed E-state index contributed by atoms with van der Waals surface area (Å²) in [5.74, 6) is -1.28. The Hall–Kier alpha value is -2.44. The van der Waals surface area contributed by atoms with Crippen LogP contribution in [-0.4, -0.2) is 16.4 Å². The van der Waals surface area contributed by atoms with Crippen LogP contribution in [-0.2, 0) is 7.05 Å². The Morgan fingerprint density at radius 2 is 1.69 bits per heavy atom. The van der Waals surface area contributed by atoms with Gasteiger partial charge in [-0.3, -0.25) is 14.9 Å². The molecule has 26 heavy (non-hydrogen) atoms. The summed E-state index contributed by atoms with van der Waals surface area (Å²) < 4.78 is 28.1. The van der Waals surface area contributed by atoms with Crippen molar-refractivity contribution in [1.29, 1.82) is 0 Å². The number of benzene rings is 2. The molecule has 2 aromatic carbocycles. The summed E-state index contributed by atoms with van der Waals surface area (Å²) in [7, 11) is 1.44. The van der Waals surface area contributed by atoms with Gasteiger partial charge in [0, 0.05) is 23.0 Å². The Balaban J connectivity index is 2.21. The van der Waals surface area contributed by atoms with Gasteiger partial charge >= 0.3 is 0 Å². The minimum Gasteiger partial charge on any atom is -0.342 e. The number of nitrogens with zero attached hydrogens (tertiary/aromatic N) is 1. The first-order valence-corrected chi connectivity index (χ1v) is 8.32. The summed E-state index contributed by atoms with van der Waals surface area (Å²) >= 11 is 12.4. The van der Waals surface area contributed by atoms with Gasteiger partial charge in [-0.05, 0) is 17.7 Å². The number of fused-ring (bicyclic) bond motifs is 3. The van der Waals surface area contributed by atoms with Crippen LogP contribution >= 0.6 is 23.2 Å². The van der Waals surface area contributed by atoms with Gasteiger partial charge in [0.1, 0.15) is 5.69 Å². The number of aryl methyl sites for hydroxylation is 1. The zero-order valence-electron chi connectivity index (χ0n) is 13.2. The summed E-state index contributed by atoms with van der Waals surface area (Å²) in [6, 6.07) is 8.35. The summed E-state index contributed by atoms with van der Waals surface area (Å²) in [6.07, 6.45) is -2.83. The van der Waals surface area contributed by atoms with E-state index in [4.69, 9.17) is 23.2 Å². The first-order chi connectivity index (χ1) is 12.3. The van der Waals surface area contributed by atoms with E-state index in [0.29, 0.717) is 21.7 Å². The average Bonchev–Trinajstić information content (AvgIpc) is 3.01. The van der Waals surface area contributed by atoms with Gasteiger partial charge in [0.25, 0.3) is 18.2 Å². The van der Waals surface area contributed by atoms with Crippen LogP contribution in [0.2, 0.25) is 10.0 Å². The molecule has 0 radical (unpaired) electrons. The van der Waals surface area contributed by atoms with E-state index in [1.54, 1.807) is 30.3 Å². The number of aromatic nitrogens is 1. The van der Waals surface area contributed by atoms with Crippen LogP contribution in [0.5, 0.6) is 0 Å². The van der Waals surface area contributed by atoms with Crippen molar-refractivity contribution in [3.63, 3.8) is 0 Å². The summed E-state index contributed by atoms with van der Waals surface area (Å²) in [6.45, 7) is 0.